The molecule has 1 aromatic rings. The maximum Gasteiger partial charge on any atom is 0.262 e. The highest BCUT2D eigenvalue weighted by molar-refractivity contribution is 8.13. The van der Waals surface area contributed by atoms with Crippen molar-refractivity contribution < 1.29 is 13.2 Å². The van der Waals surface area contributed by atoms with Crippen LogP contribution in [-0.2, 0) is 9.05 Å². The van der Waals surface area contributed by atoms with E-state index in [-0.39, 0.29) is 14.9 Å². The Bertz CT molecular complexity index is 538. The average molecular weight is 316 g/mol. The molecule has 0 heterocycles. The topological polar surface area (TPSA) is 43.4 Å². The molecule has 0 fully saturated rings. The van der Waals surface area contributed by atoms with Crippen LogP contribution in [0.4, 0.5) is 0 Å². The lowest BCUT2D eigenvalue weighted by atomic mass is 10.3. The zero-order valence-electron chi connectivity index (χ0n) is 8.78. The molecule has 7 heteroatoms. The molecule has 3 nitrogen and oxygen atoms in total. The molecule has 0 atom stereocenters. The Labute approximate surface area is 114 Å². The Morgan fingerprint density at radius 3 is 2.47 bits per heavy atom. The second kappa shape index (κ2) is 5.96. The second-order valence-electron chi connectivity index (χ2n) is 3.03. The van der Waals surface area contributed by atoms with Crippen molar-refractivity contribution in [1.82, 2.24) is 0 Å². The molecule has 0 unspecified atom stereocenters. The molecule has 0 aliphatic rings. The highest BCUT2D eigenvalue weighted by Gasteiger charge is 2.18. The van der Waals surface area contributed by atoms with Gasteiger partial charge in [0.1, 0.15) is 17.3 Å². The third kappa shape index (κ3) is 4.07. The minimum Gasteiger partial charge on any atom is -0.488 e. The van der Waals surface area contributed by atoms with Gasteiger partial charge in [0.2, 0.25) is 0 Å². The number of hydrogen-bond donors (Lipinski definition) is 0. The lowest BCUT2D eigenvalue weighted by molar-refractivity contribution is 0.362. The highest BCUT2D eigenvalue weighted by atomic mass is 35.7. The Hall–Kier alpha value is -0.420. The third-order valence-electron chi connectivity index (χ3n) is 1.82. The van der Waals surface area contributed by atoms with E-state index in [9.17, 15) is 8.42 Å². The van der Waals surface area contributed by atoms with Gasteiger partial charge < -0.3 is 4.74 Å². The molecule has 1 rings (SSSR count). The molecule has 0 aromatic heterocycles. The summed E-state index contributed by atoms with van der Waals surface area (Å²) in [6, 6.07) is 2.49. The quantitative estimate of drug-likeness (QED) is 0.625. The summed E-state index contributed by atoms with van der Waals surface area (Å²) in [6.07, 6.45) is 3.59. The third-order valence-corrected chi connectivity index (χ3v) is 3.90. The molecule has 0 saturated heterocycles. The van der Waals surface area contributed by atoms with E-state index in [1.54, 1.807) is 6.08 Å². The summed E-state index contributed by atoms with van der Waals surface area (Å²) in [4.78, 5) is -0.232. The van der Waals surface area contributed by atoms with Crippen LogP contribution in [0.2, 0.25) is 10.0 Å². The van der Waals surface area contributed by atoms with Gasteiger partial charge in [-0.05, 0) is 13.0 Å². The lowest BCUT2D eigenvalue weighted by Crippen LogP contribution is -1.97. The Morgan fingerprint density at radius 1 is 1.29 bits per heavy atom. The van der Waals surface area contributed by atoms with Crippen LogP contribution in [0.25, 0.3) is 0 Å². The van der Waals surface area contributed by atoms with Crippen molar-refractivity contribution in [3.8, 4) is 5.75 Å². The smallest absolute Gasteiger partial charge is 0.262 e. The van der Waals surface area contributed by atoms with Gasteiger partial charge >= 0.3 is 0 Å². The Kier molecular flexibility index (Phi) is 5.13. The van der Waals surface area contributed by atoms with Crippen LogP contribution < -0.4 is 4.74 Å². The van der Waals surface area contributed by atoms with Crippen molar-refractivity contribution in [2.24, 2.45) is 0 Å². The van der Waals surface area contributed by atoms with Crippen molar-refractivity contribution in [3.63, 3.8) is 0 Å². The van der Waals surface area contributed by atoms with E-state index >= 15 is 0 Å². The summed E-state index contributed by atoms with van der Waals surface area (Å²) >= 11 is 11.6. The predicted octanol–water partition coefficient (Wildman–Crippen LogP) is 3.88. The lowest BCUT2D eigenvalue weighted by Gasteiger charge is -2.08. The van der Waals surface area contributed by atoms with Crippen LogP contribution in [0.3, 0.4) is 0 Å². The molecule has 17 heavy (non-hydrogen) atoms. The number of ether oxygens (including phenoxy) is 1. The van der Waals surface area contributed by atoms with Crippen molar-refractivity contribution >= 4 is 42.9 Å². The summed E-state index contributed by atoms with van der Waals surface area (Å²) in [5, 5.41) is 0.109. The normalized spacial score (nSPS) is 12.0. The van der Waals surface area contributed by atoms with Gasteiger partial charge in [-0.2, -0.15) is 0 Å². The number of hydrogen-bond acceptors (Lipinski definition) is 3. The number of allylic oxidation sites excluding steroid dienone is 1. The molecule has 0 bridgehead atoms. The van der Waals surface area contributed by atoms with E-state index in [0.29, 0.717) is 12.4 Å². The fraction of sp³-hybridized carbons (Fsp3) is 0.200. The van der Waals surface area contributed by atoms with Gasteiger partial charge in [-0.3, -0.25) is 0 Å². The molecule has 1 aromatic carbocycles. The van der Waals surface area contributed by atoms with Gasteiger partial charge in [0, 0.05) is 16.7 Å². The van der Waals surface area contributed by atoms with Gasteiger partial charge in [-0.25, -0.2) is 8.42 Å². The van der Waals surface area contributed by atoms with Crippen molar-refractivity contribution in [3.05, 3.63) is 34.3 Å². The highest BCUT2D eigenvalue weighted by Crippen LogP contribution is 2.34. The van der Waals surface area contributed by atoms with E-state index in [0.717, 1.165) is 6.07 Å². The van der Waals surface area contributed by atoms with Gasteiger partial charge in [0.15, 0.2) is 0 Å². The minimum atomic E-state index is -3.91. The Morgan fingerprint density at radius 2 is 1.94 bits per heavy atom. The molecule has 0 N–H and O–H groups in total. The standard InChI is InChI=1S/C10H9Cl3O3S/c1-2-3-4-16-9-5-8(12)10(6-7(9)11)17(13,14)15/h2-3,5-6H,4H2,1H3/b3-2+. The molecule has 0 aliphatic carbocycles. The summed E-state index contributed by atoms with van der Waals surface area (Å²) in [7, 11) is 1.28. The largest absolute Gasteiger partial charge is 0.488 e. The van der Waals surface area contributed by atoms with Crippen molar-refractivity contribution in [1.29, 1.82) is 0 Å². The summed E-state index contributed by atoms with van der Waals surface area (Å²) in [5.74, 6) is 0.304. The molecule has 0 amide bonds. The first-order valence-electron chi connectivity index (χ1n) is 4.54. The second-order valence-corrected chi connectivity index (χ2v) is 6.38. The first-order valence-corrected chi connectivity index (χ1v) is 7.60. The van der Waals surface area contributed by atoms with E-state index in [2.05, 4.69) is 0 Å². The first kappa shape index (κ1) is 14.6. The molecule has 0 radical (unpaired) electrons. The molecule has 0 spiro atoms. The number of benzene rings is 1. The van der Waals surface area contributed by atoms with Gasteiger partial charge in [-0.1, -0.05) is 35.4 Å². The van der Waals surface area contributed by atoms with Crippen LogP contribution in [0.1, 0.15) is 6.92 Å². The first-order chi connectivity index (χ1) is 7.86. The van der Waals surface area contributed by atoms with E-state index in [1.807, 2.05) is 13.0 Å². The zero-order valence-corrected chi connectivity index (χ0v) is 11.9. The predicted molar refractivity (Wildman–Crippen MR) is 69.8 cm³/mol. The van der Waals surface area contributed by atoms with Crippen molar-refractivity contribution in [2.45, 2.75) is 11.8 Å². The van der Waals surface area contributed by atoms with Crippen LogP contribution in [0, 0.1) is 0 Å². The minimum absolute atomic E-state index is 0.0279. The summed E-state index contributed by atoms with van der Waals surface area (Å²) < 4.78 is 27.6. The zero-order chi connectivity index (χ0) is 13.1. The van der Waals surface area contributed by atoms with Gasteiger partial charge in [0.25, 0.3) is 9.05 Å². The van der Waals surface area contributed by atoms with E-state index in [4.69, 9.17) is 38.6 Å². The molecular formula is C10H9Cl3O3S. The molecule has 0 saturated carbocycles. The van der Waals surface area contributed by atoms with Crippen LogP contribution in [-0.4, -0.2) is 15.0 Å². The molecule has 94 valence electrons. The maximum atomic E-state index is 11.1. The van der Waals surface area contributed by atoms with Crippen LogP contribution >= 0.6 is 33.9 Å². The van der Waals surface area contributed by atoms with Crippen LogP contribution in [0.15, 0.2) is 29.2 Å². The monoisotopic (exact) mass is 314 g/mol. The summed E-state index contributed by atoms with van der Waals surface area (Å²) in [5.41, 5.74) is 0. The average Bonchev–Trinajstić information content (AvgIpc) is 2.21. The SMILES string of the molecule is C/C=C/COc1cc(Cl)c(S(=O)(=O)Cl)cc1Cl. The fourth-order valence-corrected chi connectivity index (χ4v) is 2.84. The van der Waals surface area contributed by atoms with E-state index in [1.165, 1.54) is 6.07 Å². The fourth-order valence-electron chi connectivity index (χ4n) is 1.04. The maximum absolute atomic E-state index is 11.1. The van der Waals surface area contributed by atoms with Gasteiger partial charge in [-0.15, -0.1) is 0 Å². The van der Waals surface area contributed by atoms with E-state index < -0.39 is 9.05 Å². The van der Waals surface area contributed by atoms with Crippen LogP contribution in [0.5, 0.6) is 5.75 Å². The van der Waals surface area contributed by atoms with Crippen molar-refractivity contribution in [2.75, 3.05) is 6.61 Å². The number of rotatable bonds is 4. The van der Waals surface area contributed by atoms with Gasteiger partial charge in [0.05, 0.1) is 10.0 Å². The molecular weight excluding hydrogens is 307 g/mol. The number of halogens is 3. The molecule has 0 aliphatic heterocycles. The Balaban J connectivity index is 3.10. The summed E-state index contributed by atoms with van der Waals surface area (Å²) in [6.45, 7) is 2.17.